The molecule has 0 fully saturated rings. The molecule has 0 amide bonds. The summed E-state index contributed by atoms with van der Waals surface area (Å²) in [7, 11) is 3.93. The number of anilines is 1. The summed E-state index contributed by atoms with van der Waals surface area (Å²) in [5.41, 5.74) is 1.39. The van der Waals surface area contributed by atoms with Gasteiger partial charge in [-0.25, -0.2) is 4.98 Å². The molecular weight excluding hydrogens is 226 g/mol. The van der Waals surface area contributed by atoms with E-state index in [-0.39, 0.29) is 0 Å². The van der Waals surface area contributed by atoms with Crippen LogP contribution in [0.2, 0.25) is 0 Å². The Labute approximate surface area is 106 Å². The monoisotopic (exact) mass is 239 g/mol. The van der Waals surface area contributed by atoms with Gasteiger partial charge in [-0.2, -0.15) is 5.26 Å². The normalized spacial score (nSPS) is 9.61. The van der Waals surface area contributed by atoms with E-state index < -0.39 is 0 Å². The lowest BCUT2D eigenvalue weighted by molar-refractivity contribution is 0.462. The molecule has 18 heavy (non-hydrogen) atoms. The van der Waals surface area contributed by atoms with E-state index in [4.69, 9.17) is 10.00 Å². The maximum atomic E-state index is 8.77. The third-order valence-electron chi connectivity index (χ3n) is 2.39. The van der Waals surface area contributed by atoms with Gasteiger partial charge in [0.05, 0.1) is 0 Å². The second-order valence-corrected chi connectivity index (χ2v) is 3.97. The zero-order chi connectivity index (χ0) is 13.0. The average molecular weight is 239 g/mol. The van der Waals surface area contributed by atoms with Crippen LogP contribution in [0, 0.1) is 11.3 Å². The van der Waals surface area contributed by atoms with Crippen molar-refractivity contribution in [2.24, 2.45) is 0 Å². The third-order valence-corrected chi connectivity index (χ3v) is 2.39. The molecule has 2 aromatic rings. The maximum Gasteiger partial charge on any atom is 0.220 e. The molecule has 0 N–H and O–H groups in total. The number of hydrogen-bond acceptors (Lipinski definition) is 4. The largest absolute Gasteiger partial charge is 0.439 e. The van der Waals surface area contributed by atoms with E-state index in [0.29, 0.717) is 17.3 Å². The molecule has 0 saturated carbocycles. The Hall–Kier alpha value is -2.54. The van der Waals surface area contributed by atoms with Gasteiger partial charge in [0.1, 0.15) is 17.5 Å². The Morgan fingerprint density at radius 2 is 1.94 bits per heavy atom. The summed E-state index contributed by atoms with van der Waals surface area (Å²) in [6.07, 6.45) is 0. The van der Waals surface area contributed by atoms with Crippen molar-refractivity contribution in [1.29, 1.82) is 5.26 Å². The number of ether oxygens (including phenoxy) is 1. The van der Waals surface area contributed by atoms with Gasteiger partial charge in [0.15, 0.2) is 0 Å². The van der Waals surface area contributed by atoms with Crippen molar-refractivity contribution in [1.82, 2.24) is 4.98 Å². The summed E-state index contributed by atoms with van der Waals surface area (Å²) in [6, 6.07) is 14.8. The lowest BCUT2D eigenvalue weighted by atomic mass is 10.3. The second-order valence-electron chi connectivity index (χ2n) is 3.97. The first-order valence-corrected chi connectivity index (χ1v) is 5.51. The fourth-order valence-electron chi connectivity index (χ4n) is 1.48. The predicted octanol–water partition coefficient (Wildman–Crippen LogP) is 2.81. The lowest BCUT2D eigenvalue weighted by Gasteiger charge is -2.13. The van der Waals surface area contributed by atoms with E-state index in [2.05, 4.69) is 4.98 Å². The SMILES string of the molecule is CN(C)c1cccc(Oc2cccc(C#N)n2)c1. The minimum absolute atomic E-state index is 0.344. The number of benzene rings is 1. The Bertz CT molecular complexity index is 588. The fraction of sp³-hybridized carbons (Fsp3) is 0.143. The van der Waals surface area contributed by atoms with Crippen molar-refractivity contribution < 1.29 is 4.74 Å². The van der Waals surface area contributed by atoms with Crippen molar-refractivity contribution in [2.75, 3.05) is 19.0 Å². The number of nitrogens with zero attached hydrogens (tertiary/aromatic N) is 3. The number of hydrogen-bond donors (Lipinski definition) is 0. The molecule has 0 unspecified atom stereocenters. The molecular formula is C14H13N3O. The van der Waals surface area contributed by atoms with Crippen LogP contribution in [0.5, 0.6) is 11.6 Å². The first kappa shape index (κ1) is 11.9. The average Bonchev–Trinajstić information content (AvgIpc) is 2.39. The van der Waals surface area contributed by atoms with Crippen LogP contribution in [-0.2, 0) is 0 Å². The molecule has 2 rings (SSSR count). The number of rotatable bonds is 3. The zero-order valence-corrected chi connectivity index (χ0v) is 10.3. The van der Waals surface area contributed by atoms with E-state index in [0.717, 1.165) is 5.69 Å². The molecule has 1 heterocycles. The van der Waals surface area contributed by atoms with E-state index in [1.807, 2.05) is 49.3 Å². The summed E-state index contributed by atoms with van der Waals surface area (Å²) in [4.78, 5) is 6.06. The first-order chi connectivity index (χ1) is 8.69. The van der Waals surface area contributed by atoms with Crippen molar-refractivity contribution in [3.8, 4) is 17.7 Å². The van der Waals surface area contributed by atoms with Crippen molar-refractivity contribution in [3.63, 3.8) is 0 Å². The van der Waals surface area contributed by atoms with Gasteiger partial charge in [-0.05, 0) is 18.2 Å². The van der Waals surface area contributed by atoms with Gasteiger partial charge in [0.2, 0.25) is 5.88 Å². The highest BCUT2D eigenvalue weighted by Gasteiger charge is 2.02. The lowest BCUT2D eigenvalue weighted by Crippen LogP contribution is -2.08. The van der Waals surface area contributed by atoms with E-state index >= 15 is 0 Å². The van der Waals surface area contributed by atoms with Crippen LogP contribution in [0.25, 0.3) is 0 Å². The molecule has 0 spiro atoms. The van der Waals surface area contributed by atoms with Crippen LogP contribution in [0.3, 0.4) is 0 Å². The second kappa shape index (κ2) is 5.19. The fourth-order valence-corrected chi connectivity index (χ4v) is 1.48. The maximum absolute atomic E-state index is 8.77. The number of pyridine rings is 1. The Morgan fingerprint density at radius 1 is 1.17 bits per heavy atom. The van der Waals surface area contributed by atoms with Gasteiger partial charge in [-0.15, -0.1) is 0 Å². The summed E-state index contributed by atoms with van der Waals surface area (Å²) < 4.78 is 5.62. The van der Waals surface area contributed by atoms with E-state index in [1.54, 1.807) is 18.2 Å². The van der Waals surface area contributed by atoms with Crippen LogP contribution in [0.15, 0.2) is 42.5 Å². The highest BCUT2D eigenvalue weighted by molar-refractivity contribution is 5.50. The molecule has 1 aromatic heterocycles. The molecule has 4 heteroatoms. The number of aromatic nitrogens is 1. The number of nitriles is 1. The minimum Gasteiger partial charge on any atom is -0.439 e. The summed E-state index contributed by atoms with van der Waals surface area (Å²) in [5, 5.41) is 8.77. The predicted molar refractivity (Wildman–Crippen MR) is 69.8 cm³/mol. The highest BCUT2D eigenvalue weighted by Crippen LogP contribution is 2.23. The van der Waals surface area contributed by atoms with E-state index in [9.17, 15) is 0 Å². The van der Waals surface area contributed by atoms with Gasteiger partial charge < -0.3 is 9.64 Å². The van der Waals surface area contributed by atoms with Crippen molar-refractivity contribution in [2.45, 2.75) is 0 Å². The van der Waals surface area contributed by atoms with Gasteiger partial charge in [0, 0.05) is 31.9 Å². The molecule has 0 aliphatic carbocycles. The molecule has 4 nitrogen and oxygen atoms in total. The van der Waals surface area contributed by atoms with Crippen LogP contribution in [0.1, 0.15) is 5.69 Å². The molecule has 0 atom stereocenters. The van der Waals surface area contributed by atoms with Crippen molar-refractivity contribution >= 4 is 5.69 Å². The zero-order valence-electron chi connectivity index (χ0n) is 10.3. The Morgan fingerprint density at radius 3 is 2.67 bits per heavy atom. The van der Waals surface area contributed by atoms with E-state index in [1.165, 1.54) is 0 Å². The summed E-state index contributed by atoms with van der Waals surface area (Å²) in [5.74, 6) is 1.12. The molecule has 1 aromatic carbocycles. The van der Waals surface area contributed by atoms with Gasteiger partial charge in [0.25, 0.3) is 0 Å². The van der Waals surface area contributed by atoms with Gasteiger partial charge in [-0.3, -0.25) is 0 Å². The quantitative estimate of drug-likeness (QED) is 0.826. The van der Waals surface area contributed by atoms with Crippen LogP contribution in [-0.4, -0.2) is 19.1 Å². The van der Waals surface area contributed by atoms with Crippen LogP contribution < -0.4 is 9.64 Å². The molecule has 0 bridgehead atoms. The van der Waals surface area contributed by atoms with Crippen LogP contribution in [0.4, 0.5) is 5.69 Å². The van der Waals surface area contributed by atoms with Crippen LogP contribution >= 0.6 is 0 Å². The Kier molecular flexibility index (Phi) is 3.44. The minimum atomic E-state index is 0.344. The molecule has 0 saturated heterocycles. The summed E-state index contributed by atoms with van der Waals surface area (Å²) >= 11 is 0. The van der Waals surface area contributed by atoms with Gasteiger partial charge >= 0.3 is 0 Å². The third kappa shape index (κ3) is 2.77. The standard InChI is InChI=1S/C14H13N3O/c1-17(2)12-6-4-7-13(9-12)18-14-8-3-5-11(10-15)16-14/h3-9H,1-2H3. The molecule has 0 radical (unpaired) electrons. The molecule has 0 aliphatic heterocycles. The Balaban J connectivity index is 2.23. The summed E-state index contributed by atoms with van der Waals surface area (Å²) in [6.45, 7) is 0. The van der Waals surface area contributed by atoms with Gasteiger partial charge in [-0.1, -0.05) is 12.1 Å². The molecule has 0 aliphatic rings. The smallest absolute Gasteiger partial charge is 0.220 e. The highest BCUT2D eigenvalue weighted by atomic mass is 16.5. The first-order valence-electron chi connectivity index (χ1n) is 5.51. The van der Waals surface area contributed by atoms with Crippen molar-refractivity contribution in [3.05, 3.63) is 48.2 Å². The molecule has 90 valence electrons. The topological polar surface area (TPSA) is 49.1 Å².